The predicted octanol–water partition coefficient (Wildman–Crippen LogP) is 0.954. The van der Waals surface area contributed by atoms with E-state index in [1.807, 2.05) is 0 Å². The largest absolute Gasteiger partial charge is 0.353 e. The van der Waals surface area contributed by atoms with Crippen molar-refractivity contribution < 1.29 is 9.18 Å². The van der Waals surface area contributed by atoms with Crippen LogP contribution in [-0.4, -0.2) is 35.6 Å². The Labute approximate surface area is 104 Å². The molecule has 6 heteroatoms. The topological polar surface area (TPSA) is 44.4 Å². The fourth-order valence-corrected chi connectivity index (χ4v) is 1.83. The molecule has 1 aromatic carbocycles. The summed E-state index contributed by atoms with van der Waals surface area (Å²) in [7, 11) is 0. The molecule has 0 aliphatic carbocycles. The Morgan fingerprint density at radius 2 is 2.24 bits per heavy atom. The number of amides is 1. The second-order valence-electron chi connectivity index (χ2n) is 3.68. The van der Waals surface area contributed by atoms with Crippen molar-refractivity contribution in [1.29, 1.82) is 0 Å². The standard InChI is InChI=1S/C11H12FN3OS/c12-8-3-1-2-4-9(8)14-11(17)15-6-5-13-10(16)7-15/h1-4H,5-7H2,(H,13,16)(H,14,17). The van der Waals surface area contributed by atoms with Crippen LogP contribution in [-0.2, 0) is 4.79 Å². The lowest BCUT2D eigenvalue weighted by molar-refractivity contribution is -0.122. The van der Waals surface area contributed by atoms with Crippen molar-refractivity contribution in [3.05, 3.63) is 30.1 Å². The van der Waals surface area contributed by atoms with E-state index in [9.17, 15) is 9.18 Å². The van der Waals surface area contributed by atoms with E-state index in [0.29, 0.717) is 23.9 Å². The third-order valence-electron chi connectivity index (χ3n) is 2.44. The molecule has 90 valence electrons. The van der Waals surface area contributed by atoms with Crippen LogP contribution >= 0.6 is 12.2 Å². The summed E-state index contributed by atoms with van der Waals surface area (Å²) in [5, 5.41) is 5.87. The molecule has 0 unspecified atom stereocenters. The fourth-order valence-electron chi connectivity index (χ4n) is 1.57. The highest BCUT2D eigenvalue weighted by Crippen LogP contribution is 2.13. The van der Waals surface area contributed by atoms with Crippen LogP contribution < -0.4 is 10.6 Å². The zero-order chi connectivity index (χ0) is 12.3. The predicted molar refractivity (Wildman–Crippen MR) is 67.2 cm³/mol. The first-order chi connectivity index (χ1) is 8.16. The number of carbonyl (C=O) groups is 1. The summed E-state index contributed by atoms with van der Waals surface area (Å²) in [4.78, 5) is 12.9. The third kappa shape index (κ3) is 2.91. The molecule has 1 saturated heterocycles. The van der Waals surface area contributed by atoms with Gasteiger partial charge in [-0.2, -0.15) is 0 Å². The van der Waals surface area contributed by atoms with Crippen molar-refractivity contribution >= 4 is 28.9 Å². The van der Waals surface area contributed by atoms with Gasteiger partial charge in [0, 0.05) is 13.1 Å². The summed E-state index contributed by atoms with van der Waals surface area (Å²) in [6.45, 7) is 1.39. The molecular weight excluding hydrogens is 241 g/mol. The van der Waals surface area contributed by atoms with E-state index in [4.69, 9.17) is 12.2 Å². The first kappa shape index (κ1) is 11.8. The molecule has 1 aromatic rings. The lowest BCUT2D eigenvalue weighted by atomic mass is 10.3. The Hall–Kier alpha value is -1.69. The number of rotatable bonds is 1. The average molecular weight is 253 g/mol. The van der Waals surface area contributed by atoms with Crippen LogP contribution in [0.3, 0.4) is 0 Å². The molecule has 1 aliphatic heterocycles. The minimum absolute atomic E-state index is 0.0751. The SMILES string of the molecule is O=C1CN(C(=S)Nc2ccccc2F)CCN1. The van der Waals surface area contributed by atoms with Gasteiger partial charge in [0.1, 0.15) is 5.82 Å². The molecule has 2 N–H and O–H groups in total. The second kappa shape index (κ2) is 5.09. The molecular formula is C11H12FN3OS. The molecule has 2 rings (SSSR count). The van der Waals surface area contributed by atoms with E-state index in [1.165, 1.54) is 6.07 Å². The van der Waals surface area contributed by atoms with Crippen LogP contribution in [0.5, 0.6) is 0 Å². The highest BCUT2D eigenvalue weighted by atomic mass is 32.1. The van der Waals surface area contributed by atoms with E-state index in [1.54, 1.807) is 23.1 Å². The number of carbonyl (C=O) groups excluding carboxylic acids is 1. The lowest BCUT2D eigenvalue weighted by Crippen LogP contribution is -2.51. The molecule has 0 bridgehead atoms. The van der Waals surface area contributed by atoms with Gasteiger partial charge in [0.05, 0.1) is 12.2 Å². The van der Waals surface area contributed by atoms with Gasteiger partial charge in [-0.3, -0.25) is 4.79 Å². The van der Waals surface area contributed by atoms with Crippen molar-refractivity contribution in [3.63, 3.8) is 0 Å². The van der Waals surface area contributed by atoms with E-state index >= 15 is 0 Å². The maximum Gasteiger partial charge on any atom is 0.239 e. The highest BCUT2D eigenvalue weighted by Gasteiger charge is 2.18. The molecule has 1 heterocycles. The molecule has 1 aliphatic rings. The van der Waals surface area contributed by atoms with Gasteiger partial charge in [0.15, 0.2) is 5.11 Å². The third-order valence-corrected chi connectivity index (χ3v) is 2.80. The van der Waals surface area contributed by atoms with Crippen LogP contribution in [0.15, 0.2) is 24.3 Å². The number of hydrogen-bond acceptors (Lipinski definition) is 2. The van der Waals surface area contributed by atoms with E-state index in [-0.39, 0.29) is 18.3 Å². The van der Waals surface area contributed by atoms with Crippen molar-refractivity contribution in [1.82, 2.24) is 10.2 Å². The van der Waals surface area contributed by atoms with Gasteiger partial charge < -0.3 is 15.5 Å². The van der Waals surface area contributed by atoms with Crippen molar-refractivity contribution in [3.8, 4) is 0 Å². The summed E-state index contributed by atoms with van der Waals surface area (Å²) in [5.41, 5.74) is 0.323. The number of benzene rings is 1. The lowest BCUT2D eigenvalue weighted by Gasteiger charge is -2.29. The molecule has 1 fully saturated rings. The summed E-state index contributed by atoms with van der Waals surface area (Å²) in [5.74, 6) is -0.440. The number of halogens is 1. The second-order valence-corrected chi connectivity index (χ2v) is 4.07. The molecule has 17 heavy (non-hydrogen) atoms. The minimum Gasteiger partial charge on any atom is -0.353 e. The van der Waals surface area contributed by atoms with Crippen LogP contribution in [0.2, 0.25) is 0 Å². The number of anilines is 1. The number of nitrogens with zero attached hydrogens (tertiary/aromatic N) is 1. The van der Waals surface area contributed by atoms with E-state index in [2.05, 4.69) is 10.6 Å². The van der Waals surface area contributed by atoms with Gasteiger partial charge in [0.2, 0.25) is 5.91 Å². The summed E-state index contributed by atoms with van der Waals surface area (Å²) in [6, 6.07) is 6.29. The molecule has 1 amide bonds. The molecule has 0 atom stereocenters. The van der Waals surface area contributed by atoms with Gasteiger partial charge in [-0.05, 0) is 24.4 Å². The van der Waals surface area contributed by atoms with Crippen LogP contribution in [0.25, 0.3) is 0 Å². The quantitative estimate of drug-likeness (QED) is 0.732. The van der Waals surface area contributed by atoms with Crippen LogP contribution in [0, 0.1) is 5.82 Å². The Bertz CT molecular complexity index is 452. The zero-order valence-corrected chi connectivity index (χ0v) is 9.89. The Morgan fingerprint density at radius 3 is 2.94 bits per heavy atom. The Kier molecular flexibility index (Phi) is 3.53. The average Bonchev–Trinajstić information content (AvgIpc) is 2.32. The Balaban J connectivity index is 2.02. The van der Waals surface area contributed by atoms with Gasteiger partial charge >= 0.3 is 0 Å². The molecule has 0 saturated carbocycles. The Morgan fingerprint density at radius 1 is 1.47 bits per heavy atom. The molecule has 4 nitrogen and oxygen atoms in total. The first-order valence-corrected chi connectivity index (χ1v) is 5.65. The normalized spacial score (nSPS) is 15.4. The monoisotopic (exact) mass is 253 g/mol. The fraction of sp³-hybridized carbons (Fsp3) is 0.273. The van der Waals surface area contributed by atoms with Crippen LogP contribution in [0.1, 0.15) is 0 Å². The smallest absolute Gasteiger partial charge is 0.239 e. The molecule has 0 radical (unpaired) electrons. The van der Waals surface area contributed by atoms with Crippen molar-refractivity contribution in [2.75, 3.05) is 25.0 Å². The molecule has 0 spiro atoms. The van der Waals surface area contributed by atoms with E-state index < -0.39 is 0 Å². The number of thiocarbonyl (C=S) groups is 1. The highest BCUT2D eigenvalue weighted by molar-refractivity contribution is 7.80. The van der Waals surface area contributed by atoms with Crippen molar-refractivity contribution in [2.24, 2.45) is 0 Å². The van der Waals surface area contributed by atoms with Crippen LogP contribution in [0.4, 0.5) is 10.1 Å². The van der Waals surface area contributed by atoms with Gasteiger partial charge in [-0.25, -0.2) is 4.39 Å². The van der Waals surface area contributed by atoms with Gasteiger partial charge in [-0.1, -0.05) is 12.1 Å². The van der Waals surface area contributed by atoms with Crippen molar-refractivity contribution in [2.45, 2.75) is 0 Å². The zero-order valence-electron chi connectivity index (χ0n) is 9.07. The number of para-hydroxylation sites is 1. The number of nitrogens with one attached hydrogen (secondary N) is 2. The maximum absolute atomic E-state index is 13.4. The van der Waals surface area contributed by atoms with Gasteiger partial charge in [0.25, 0.3) is 0 Å². The molecule has 0 aromatic heterocycles. The van der Waals surface area contributed by atoms with Gasteiger partial charge in [-0.15, -0.1) is 0 Å². The summed E-state index contributed by atoms with van der Waals surface area (Å²) < 4.78 is 13.4. The number of hydrogen-bond donors (Lipinski definition) is 2. The minimum atomic E-state index is -0.365. The van der Waals surface area contributed by atoms with E-state index in [0.717, 1.165) is 0 Å². The maximum atomic E-state index is 13.4. The number of piperazine rings is 1. The first-order valence-electron chi connectivity index (χ1n) is 5.24. The summed E-state index contributed by atoms with van der Waals surface area (Å²) in [6.07, 6.45) is 0. The summed E-state index contributed by atoms with van der Waals surface area (Å²) >= 11 is 5.14.